The van der Waals surface area contributed by atoms with Crippen LogP contribution in [0.2, 0.25) is 0 Å². The second-order valence-corrected chi connectivity index (χ2v) is 7.55. The number of aromatic nitrogens is 2. The Bertz CT molecular complexity index is 1340. The summed E-state index contributed by atoms with van der Waals surface area (Å²) in [4.78, 5) is 18.8. The van der Waals surface area contributed by atoms with Crippen LogP contribution in [0, 0.1) is 12.1 Å². The number of ketones is 1. The predicted octanol–water partition coefficient (Wildman–Crippen LogP) is 7.28. The number of benzene rings is 3. The minimum Gasteiger partial charge on any atom is -0.512 e. The van der Waals surface area contributed by atoms with E-state index in [4.69, 9.17) is 5.11 Å². The topological polar surface area (TPSA) is 63.1 Å². The zero-order chi connectivity index (χ0) is 24.9. The molecule has 6 heteroatoms. The summed E-state index contributed by atoms with van der Waals surface area (Å²) in [5.74, 6) is -0.0625. The van der Waals surface area contributed by atoms with Crippen LogP contribution in [0.3, 0.4) is 0 Å². The van der Waals surface area contributed by atoms with Crippen molar-refractivity contribution in [3.8, 4) is 22.5 Å². The molecule has 0 saturated heterocycles. The smallest absolute Gasteiger partial charge is 0.155 e. The maximum absolute atomic E-state index is 10.0. The first-order valence-electron chi connectivity index (χ1n) is 11.1. The Hall–Kier alpha value is -3.27. The Morgan fingerprint density at radius 3 is 1.84 bits per heavy atom. The maximum Gasteiger partial charge on any atom is 0.155 e. The predicted molar refractivity (Wildman–Crippen MR) is 142 cm³/mol. The standard InChI is InChI=1S/C15H10N.C11H8N.C5H8O2.2Ir/c1-2-6-12(7-3-1)15-11-10-13-8-4-5-9-14(13)16-15;1-2-6-10(7-3-1)11-8-4-5-9-12-11;1-4(6)3-5(2)7;;/h1-6,8-11H;1-6,8-9H;3,6H,1-2H3;;/q2*-1;;;. The van der Waals surface area contributed by atoms with Crippen LogP contribution in [0.15, 0.2) is 121 Å². The normalized spacial score (nSPS) is 9.84. The Morgan fingerprint density at radius 1 is 0.730 bits per heavy atom. The molecule has 0 amide bonds. The summed E-state index contributed by atoms with van der Waals surface area (Å²) in [5, 5.41) is 9.53. The molecule has 0 aliphatic heterocycles. The molecule has 2 heterocycles. The molecule has 0 aliphatic carbocycles. The third-order valence-electron chi connectivity index (χ3n) is 4.65. The van der Waals surface area contributed by atoms with Gasteiger partial charge in [0.15, 0.2) is 5.78 Å². The van der Waals surface area contributed by atoms with Crippen LogP contribution < -0.4 is 0 Å². The third kappa shape index (κ3) is 11.1. The Kier molecular flexibility index (Phi) is 14.8. The fraction of sp³-hybridized carbons (Fsp3) is 0.0645. The summed E-state index contributed by atoms with van der Waals surface area (Å²) < 4.78 is 0. The number of fused-ring (bicyclic) bond motifs is 1. The number of rotatable bonds is 3. The summed E-state index contributed by atoms with van der Waals surface area (Å²) in [5.41, 5.74) is 5.04. The largest absolute Gasteiger partial charge is 0.512 e. The number of pyridine rings is 2. The van der Waals surface area contributed by atoms with Crippen molar-refractivity contribution in [2.45, 2.75) is 13.8 Å². The first-order chi connectivity index (χ1) is 17.0. The second kappa shape index (κ2) is 17.2. The monoisotopic (exact) mass is 844 g/mol. The van der Waals surface area contributed by atoms with E-state index in [0.717, 1.165) is 28.0 Å². The summed E-state index contributed by atoms with van der Waals surface area (Å²) in [6, 6.07) is 40.2. The number of hydrogen-bond donors (Lipinski definition) is 1. The van der Waals surface area contributed by atoms with E-state index in [2.05, 4.69) is 34.2 Å². The van der Waals surface area contributed by atoms with Crippen molar-refractivity contribution in [2.75, 3.05) is 0 Å². The van der Waals surface area contributed by atoms with Crippen molar-refractivity contribution in [3.05, 3.63) is 133 Å². The molecule has 192 valence electrons. The van der Waals surface area contributed by atoms with Crippen LogP contribution in [0.25, 0.3) is 33.4 Å². The molecule has 5 rings (SSSR count). The fourth-order valence-corrected chi connectivity index (χ4v) is 3.14. The average molecular weight is 843 g/mol. The number of aliphatic hydroxyl groups is 1. The van der Waals surface area contributed by atoms with Crippen molar-refractivity contribution in [1.29, 1.82) is 0 Å². The van der Waals surface area contributed by atoms with Gasteiger partial charge < -0.3 is 10.1 Å². The number of nitrogens with zero attached hydrogens (tertiary/aromatic N) is 2. The molecule has 2 radical (unpaired) electrons. The van der Waals surface area contributed by atoms with Gasteiger partial charge in [0, 0.05) is 52.5 Å². The van der Waals surface area contributed by atoms with Gasteiger partial charge in [-0.05, 0) is 42.8 Å². The molecule has 2 aromatic heterocycles. The first-order valence-corrected chi connectivity index (χ1v) is 11.1. The minimum atomic E-state index is -0.125. The molecular weight excluding hydrogens is 817 g/mol. The van der Waals surface area contributed by atoms with E-state index in [1.54, 1.807) is 6.20 Å². The number of carbonyl (C=O) groups is 1. The molecular formula is C31H26Ir2N2O2-2. The molecule has 4 nitrogen and oxygen atoms in total. The van der Waals surface area contributed by atoms with E-state index in [0.29, 0.717) is 0 Å². The van der Waals surface area contributed by atoms with E-state index in [1.807, 2.05) is 91.0 Å². The SMILES string of the molecule is CC(=O)C=C(C)O.[Ir].[Ir].[c-]1ccccc1-c1ccc2ccccc2n1.[c-]1ccccc1-c1ccccn1. The zero-order valence-electron chi connectivity index (χ0n) is 20.4. The number of carbonyl (C=O) groups excluding carboxylic acids is 1. The second-order valence-electron chi connectivity index (χ2n) is 7.55. The molecule has 0 atom stereocenters. The molecule has 0 unspecified atom stereocenters. The van der Waals surface area contributed by atoms with Crippen molar-refractivity contribution in [3.63, 3.8) is 0 Å². The van der Waals surface area contributed by atoms with Crippen LogP contribution in [0.4, 0.5) is 0 Å². The van der Waals surface area contributed by atoms with Gasteiger partial charge in [-0.1, -0.05) is 42.5 Å². The van der Waals surface area contributed by atoms with Gasteiger partial charge in [0.1, 0.15) is 0 Å². The number of para-hydroxylation sites is 1. The summed E-state index contributed by atoms with van der Waals surface area (Å²) in [6.45, 7) is 2.85. The van der Waals surface area contributed by atoms with Gasteiger partial charge in [0.05, 0.1) is 11.3 Å². The molecule has 37 heavy (non-hydrogen) atoms. The van der Waals surface area contributed by atoms with E-state index < -0.39 is 0 Å². The zero-order valence-corrected chi connectivity index (χ0v) is 25.2. The first kappa shape index (κ1) is 31.8. The average Bonchev–Trinajstić information content (AvgIpc) is 2.90. The van der Waals surface area contributed by atoms with Crippen LogP contribution in [0.1, 0.15) is 13.8 Å². The van der Waals surface area contributed by atoms with Gasteiger partial charge in [0.25, 0.3) is 0 Å². The van der Waals surface area contributed by atoms with Crippen LogP contribution >= 0.6 is 0 Å². The van der Waals surface area contributed by atoms with Gasteiger partial charge in [-0.25, -0.2) is 0 Å². The van der Waals surface area contributed by atoms with Gasteiger partial charge >= 0.3 is 0 Å². The molecule has 0 bridgehead atoms. The number of allylic oxidation sites excluding steroid dienone is 2. The Morgan fingerprint density at radius 2 is 1.32 bits per heavy atom. The Balaban J connectivity index is 0.000000292. The fourth-order valence-electron chi connectivity index (χ4n) is 3.14. The molecule has 1 N–H and O–H groups in total. The molecule has 0 fully saturated rings. The molecule has 0 aliphatic rings. The van der Waals surface area contributed by atoms with Crippen LogP contribution in [-0.4, -0.2) is 20.9 Å². The van der Waals surface area contributed by atoms with E-state index in [-0.39, 0.29) is 51.8 Å². The van der Waals surface area contributed by atoms with Crippen molar-refractivity contribution in [2.24, 2.45) is 0 Å². The van der Waals surface area contributed by atoms with Gasteiger partial charge in [0.2, 0.25) is 0 Å². The minimum absolute atomic E-state index is 0. The summed E-state index contributed by atoms with van der Waals surface area (Å²) >= 11 is 0. The third-order valence-corrected chi connectivity index (χ3v) is 4.65. The van der Waals surface area contributed by atoms with Gasteiger partial charge in [-0.3, -0.25) is 9.78 Å². The summed E-state index contributed by atoms with van der Waals surface area (Å²) in [6.07, 6.45) is 2.95. The van der Waals surface area contributed by atoms with E-state index in [9.17, 15) is 4.79 Å². The number of aliphatic hydroxyl groups excluding tert-OH is 1. The van der Waals surface area contributed by atoms with Crippen molar-refractivity contribution >= 4 is 16.7 Å². The molecule has 0 spiro atoms. The quantitative estimate of drug-likeness (QED) is 0.118. The molecule has 3 aromatic carbocycles. The van der Waals surface area contributed by atoms with Crippen LogP contribution in [-0.2, 0) is 45.0 Å². The van der Waals surface area contributed by atoms with Crippen LogP contribution in [0.5, 0.6) is 0 Å². The van der Waals surface area contributed by atoms with Crippen molar-refractivity contribution < 1.29 is 50.1 Å². The van der Waals surface area contributed by atoms with E-state index >= 15 is 0 Å². The van der Waals surface area contributed by atoms with E-state index in [1.165, 1.54) is 25.3 Å². The molecule has 5 aromatic rings. The maximum atomic E-state index is 10.0. The molecule has 0 saturated carbocycles. The van der Waals surface area contributed by atoms with Gasteiger partial charge in [-0.2, -0.15) is 0 Å². The summed E-state index contributed by atoms with van der Waals surface area (Å²) in [7, 11) is 0. The Labute approximate surface area is 245 Å². The number of hydrogen-bond acceptors (Lipinski definition) is 4. The van der Waals surface area contributed by atoms with Gasteiger partial charge in [-0.15, -0.1) is 71.8 Å². The van der Waals surface area contributed by atoms with Crippen molar-refractivity contribution in [1.82, 2.24) is 9.97 Å².